The van der Waals surface area contributed by atoms with Gasteiger partial charge in [-0.1, -0.05) is 30.3 Å². The van der Waals surface area contributed by atoms with Gasteiger partial charge in [0.25, 0.3) is 11.5 Å². The highest BCUT2D eigenvalue weighted by Gasteiger charge is 2.41. The number of anilines is 1. The van der Waals surface area contributed by atoms with Crippen LogP contribution >= 0.6 is 0 Å². The highest BCUT2D eigenvalue weighted by atomic mass is 19.4. The lowest BCUT2D eigenvalue weighted by atomic mass is 10.0. The molecule has 0 saturated carbocycles. The summed E-state index contributed by atoms with van der Waals surface area (Å²) in [5, 5.41) is 3.57. The van der Waals surface area contributed by atoms with Gasteiger partial charge >= 0.3 is 6.18 Å². The molecule has 2 heterocycles. The van der Waals surface area contributed by atoms with Crippen LogP contribution in [-0.4, -0.2) is 28.5 Å². The van der Waals surface area contributed by atoms with Crippen molar-refractivity contribution in [1.82, 2.24) is 9.88 Å². The van der Waals surface area contributed by atoms with Crippen molar-refractivity contribution in [1.29, 1.82) is 0 Å². The van der Waals surface area contributed by atoms with Crippen molar-refractivity contribution in [3.8, 4) is 0 Å². The number of pyridine rings is 1. The van der Waals surface area contributed by atoms with Crippen molar-refractivity contribution in [2.75, 3.05) is 11.9 Å². The topological polar surface area (TPSA) is 65.2 Å². The summed E-state index contributed by atoms with van der Waals surface area (Å²) in [6.07, 6.45) is -5.84. The molecule has 138 valence electrons. The minimum atomic E-state index is -4.61. The van der Waals surface area contributed by atoms with Crippen molar-refractivity contribution in [3.63, 3.8) is 0 Å². The van der Waals surface area contributed by atoms with E-state index < -0.39 is 30.4 Å². The van der Waals surface area contributed by atoms with Gasteiger partial charge in [-0.15, -0.1) is 0 Å². The molecule has 2 aromatic carbocycles. The van der Waals surface area contributed by atoms with E-state index in [0.717, 1.165) is 0 Å². The fraction of sp³-hybridized carbons (Fsp3) is 0.158. The number of halogens is 3. The van der Waals surface area contributed by atoms with E-state index in [0.29, 0.717) is 21.5 Å². The van der Waals surface area contributed by atoms with E-state index in [9.17, 15) is 22.8 Å². The number of carbonyl (C=O) groups is 1. The minimum absolute atomic E-state index is 0.0424. The highest BCUT2D eigenvalue weighted by Crippen LogP contribution is 2.34. The predicted molar refractivity (Wildman–Crippen MR) is 94.5 cm³/mol. The van der Waals surface area contributed by atoms with Crippen LogP contribution in [0.15, 0.2) is 59.4 Å². The standard InChI is InChI=1S/C19H14F3N3O2/c20-19(21,22)10-25-16(23-15-8-4-2-6-12(15)18(25)27)13-9-11-5-1-3-7-14(11)24-17(13)26/h1-9,16,23H,10H2,(H,24,26). The van der Waals surface area contributed by atoms with Crippen molar-refractivity contribution in [3.05, 3.63) is 76.1 Å². The molecule has 0 radical (unpaired) electrons. The summed E-state index contributed by atoms with van der Waals surface area (Å²) in [5.74, 6) is -0.778. The molecular formula is C19H14F3N3O2. The van der Waals surface area contributed by atoms with Crippen molar-refractivity contribution in [2.24, 2.45) is 0 Å². The SMILES string of the molecule is O=C1c2ccccc2NC(c2cc3ccccc3[nH]c2=O)N1CC(F)(F)F. The Morgan fingerprint density at radius 1 is 1.00 bits per heavy atom. The fourth-order valence-electron chi connectivity index (χ4n) is 3.26. The van der Waals surface area contributed by atoms with E-state index in [4.69, 9.17) is 0 Å². The molecule has 2 N–H and O–H groups in total. The Morgan fingerprint density at radius 3 is 2.48 bits per heavy atom. The number of amides is 1. The van der Waals surface area contributed by atoms with Crippen LogP contribution < -0.4 is 10.9 Å². The number of alkyl halides is 3. The lowest BCUT2D eigenvalue weighted by Crippen LogP contribution is -2.48. The first-order valence-electron chi connectivity index (χ1n) is 8.19. The van der Waals surface area contributed by atoms with E-state index in [1.165, 1.54) is 12.1 Å². The van der Waals surface area contributed by atoms with Gasteiger partial charge in [0.15, 0.2) is 0 Å². The zero-order valence-corrected chi connectivity index (χ0v) is 13.9. The number of fused-ring (bicyclic) bond motifs is 2. The van der Waals surface area contributed by atoms with Crippen molar-refractivity contribution >= 4 is 22.5 Å². The summed E-state index contributed by atoms with van der Waals surface area (Å²) in [6, 6.07) is 14.7. The molecular weight excluding hydrogens is 359 g/mol. The number of para-hydroxylation sites is 2. The molecule has 1 amide bonds. The number of hydrogen-bond donors (Lipinski definition) is 2. The van der Waals surface area contributed by atoms with Gasteiger partial charge in [-0.3, -0.25) is 9.59 Å². The zero-order valence-electron chi connectivity index (χ0n) is 13.9. The van der Waals surface area contributed by atoms with Gasteiger partial charge in [-0.25, -0.2) is 0 Å². The maximum atomic E-state index is 13.1. The molecule has 27 heavy (non-hydrogen) atoms. The van der Waals surface area contributed by atoms with Crippen LogP contribution in [0.2, 0.25) is 0 Å². The summed E-state index contributed by atoms with van der Waals surface area (Å²) < 4.78 is 39.4. The summed E-state index contributed by atoms with van der Waals surface area (Å²) in [6.45, 7) is -1.47. The third-order valence-corrected chi connectivity index (χ3v) is 4.45. The molecule has 1 aliphatic heterocycles. The lowest BCUT2D eigenvalue weighted by molar-refractivity contribution is -0.144. The van der Waals surface area contributed by atoms with Crippen LogP contribution in [0.25, 0.3) is 10.9 Å². The second-order valence-electron chi connectivity index (χ2n) is 6.28. The van der Waals surface area contributed by atoms with Gasteiger partial charge in [0.2, 0.25) is 0 Å². The molecule has 1 aromatic heterocycles. The summed E-state index contributed by atoms with van der Waals surface area (Å²) in [7, 11) is 0. The van der Waals surface area contributed by atoms with Crippen LogP contribution in [0.1, 0.15) is 22.1 Å². The minimum Gasteiger partial charge on any atom is -0.361 e. The molecule has 8 heteroatoms. The number of aromatic amines is 1. The number of nitrogens with one attached hydrogen (secondary N) is 2. The number of benzene rings is 2. The Kier molecular flexibility index (Phi) is 3.91. The summed E-state index contributed by atoms with van der Waals surface area (Å²) >= 11 is 0. The largest absolute Gasteiger partial charge is 0.406 e. The third kappa shape index (κ3) is 3.14. The van der Waals surface area contributed by atoms with Gasteiger partial charge in [0.1, 0.15) is 12.7 Å². The Hall–Kier alpha value is -3.29. The summed E-state index contributed by atoms with van der Waals surface area (Å²) in [5.41, 5.74) is 0.580. The van der Waals surface area contributed by atoms with E-state index >= 15 is 0 Å². The average molecular weight is 373 g/mol. The van der Waals surface area contributed by atoms with Crippen LogP contribution in [0, 0.1) is 0 Å². The fourth-order valence-corrected chi connectivity index (χ4v) is 3.26. The molecule has 4 rings (SSSR count). The molecule has 0 aliphatic carbocycles. The molecule has 1 atom stereocenters. The quantitative estimate of drug-likeness (QED) is 0.721. The van der Waals surface area contributed by atoms with Crippen LogP contribution in [0.5, 0.6) is 0 Å². The number of hydrogen-bond acceptors (Lipinski definition) is 3. The van der Waals surface area contributed by atoms with E-state index in [2.05, 4.69) is 10.3 Å². The number of aromatic nitrogens is 1. The van der Waals surface area contributed by atoms with Crippen molar-refractivity contribution in [2.45, 2.75) is 12.3 Å². The van der Waals surface area contributed by atoms with E-state index in [-0.39, 0.29) is 11.1 Å². The smallest absolute Gasteiger partial charge is 0.361 e. The summed E-state index contributed by atoms with van der Waals surface area (Å²) in [4.78, 5) is 28.6. The maximum Gasteiger partial charge on any atom is 0.406 e. The third-order valence-electron chi connectivity index (χ3n) is 4.45. The van der Waals surface area contributed by atoms with Gasteiger partial charge < -0.3 is 15.2 Å². The first kappa shape index (κ1) is 17.1. The van der Waals surface area contributed by atoms with Crippen molar-refractivity contribution < 1.29 is 18.0 Å². The number of H-pyrrole nitrogens is 1. The Balaban J connectivity index is 1.87. The molecule has 1 aliphatic rings. The molecule has 5 nitrogen and oxygen atoms in total. The molecule has 3 aromatic rings. The van der Waals surface area contributed by atoms with E-state index in [1.54, 1.807) is 42.5 Å². The van der Waals surface area contributed by atoms with Gasteiger partial charge in [0, 0.05) is 11.2 Å². The molecule has 1 unspecified atom stereocenters. The number of carbonyl (C=O) groups excluding carboxylic acids is 1. The first-order valence-corrected chi connectivity index (χ1v) is 8.19. The maximum absolute atomic E-state index is 13.1. The number of rotatable bonds is 2. The predicted octanol–water partition coefficient (Wildman–Crippen LogP) is 3.66. The monoisotopic (exact) mass is 373 g/mol. The van der Waals surface area contributed by atoms with Gasteiger partial charge in [0.05, 0.1) is 11.1 Å². The van der Waals surface area contributed by atoms with Gasteiger partial charge in [-0.05, 0) is 29.7 Å². The second-order valence-corrected chi connectivity index (χ2v) is 6.28. The zero-order chi connectivity index (χ0) is 19.2. The Bertz CT molecular complexity index is 1090. The first-order chi connectivity index (χ1) is 12.8. The van der Waals surface area contributed by atoms with Crippen LogP contribution in [-0.2, 0) is 0 Å². The highest BCUT2D eigenvalue weighted by molar-refractivity contribution is 6.01. The normalized spacial score (nSPS) is 16.9. The Labute approximate surface area is 151 Å². The molecule has 0 fully saturated rings. The van der Waals surface area contributed by atoms with E-state index in [1.807, 2.05) is 0 Å². The molecule has 0 saturated heterocycles. The average Bonchev–Trinajstić information content (AvgIpc) is 2.62. The van der Waals surface area contributed by atoms with Gasteiger partial charge in [-0.2, -0.15) is 13.2 Å². The Morgan fingerprint density at radius 2 is 1.70 bits per heavy atom. The number of nitrogens with zero attached hydrogens (tertiary/aromatic N) is 1. The van der Waals surface area contributed by atoms with Crippen LogP contribution in [0.4, 0.5) is 18.9 Å². The molecule has 0 spiro atoms. The second kappa shape index (κ2) is 6.15. The van der Waals surface area contributed by atoms with Crippen LogP contribution in [0.3, 0.4) is 0 Å². The molecule has 0 bridgehead atoms. The lowest BCUT2D eigenvalue weighted by Gasteiger charge is -2.38.